The highest BCUT2D eigenvalue weighted by atomic mass is 79.9. The highest BCUT2D eigenvalue weighted by molar-refractivity contribution is 9.10. The third kappa shape index (κ3) is 3.16. The highest BCUT2D eigenvalue weighted by Gasteiger charge is 2.18. The number of rotatable bonds is 3. The van der Waals surface area contributed by atoms with Crippen LogP contribution in [0.4, 0.5) is 4.39 Å². The van der Waals surface area contributed by atoms with E-state index in [1.165, 1.54) is 6.07 Å². The van der Waals surface area contributed by atoms with Gasteiger partial charge in [0.05, 0.1) is 6.04 Å². The van der Waals surface area contributed by atoms with Gasteiger partial charge in [-0.1, -0.05) is 51.3 Å². The lowest BCUT2D eigenvalue weighted by atomic mass is 9.97. The molecule has 0 aliphatic carbocycles. The van der Waals surface area contributed by atoms with E-state index >= 15 is 0 Å². The Labute approximate surface area is 125 Å². The maximum Gasteiger partial charge on any atom is 0.128 e. The molecule has 1 atom stereocenters. The molecule has 2 rings (SSSR count). The molecule has 0 saturated heterocycles. The second kappa shape index (κ2) is 6.04. The van der Waals surface area contributed by atoms with Crippen LogP contribution < -0.4 is 5.32 Å². The van der Waals surface area contributed by atoms with E-state index in [2.05, 4.69) is 21.2 Å². The van der Waals surface area contributed by atoms with Crippen LogP contribution in [0.2, 0.25) is 5.02 Å². The van der Waals surface area contributed by atoms with Crippen molar-refractivity contribution in [3.63, 3.8) is 0 Å². The van der Waals surface area contributed by atoms with Gasteiger partial charge < -0.3 is 5.32 Å². The van der Waals surface area contributed by atoms with Crippen molar-refractivity contribution >= 4 is 27.5 Å². The summed E-state index contributed by atoms with van der Waals surface area (Å²) in [5, 5.41) is 3.80. The molecule has 100 valence electrons. The zero-order valence-electron chi connectivity index (χ0n) is 10.7. The summed E-state index contributed by atoms with van der Waals surface area (Å²) in [5.41, 5.74) is 2.61. The minimum Gasteiger partial charge on any atom is -0.309 e. The second-order valence-corrected chi connectivity index (χ2v) is 5.70. The Bertz CT molecular complexity index is 601. The van der Waals surface area contributed by atoms with Gasteiger partial charge in [0.2, 0.25) is 0 Å². The molecule has 0 amide bonds. The van der Waals surface area contributed by atoms with Crippen LogP contribution in [0.1, 0.15) is 22.7 Å². The molecular weight excluding hydrogens is 329 g/mol. The molecule has 0 aliphatic heterocycles. The first-order valence-corrected chi connectivity index (χ1v) is 7.08. The molecule has 0 heterocycles. The predicted molar refractivity (Wildman–Crippen MR) is 81.2 cm³/mol. The molecule has 1 N–H and O–H groups in total. The average Bonchev–Trinajstić information content (AvgIpc) is 2.36. The summed E-state index contributed by atoms with van der Waals surface area (Å²) in [5.74, 6) is -0.216. The van der Waals surface area contributed by atoms with E-state index in [1.54, 1.807) is 12.1 Å². The maximum atomic E-state index is 14.0. The smallest absolute Gasteiger partial charge is 0.128 e. The molecule has 0 bridgehead atoms. The number of benzene rings is 2. The molecule has 19 heavy (non-hydrogen) atoms. The number of hydrogen-bond acceptors (Lipinski definition) is 1. The molecule has 0 saturated carbocycles. The van der Waals surface area contributed by atoms with E-state index in [0.717, 1.165) is 15.6 Å². The Hall–Kier alpha value is -0.900. The molecule has 0 aromatic heterocycles. The first kappa shape index (κ1) is 14.5. The number of aryl methyl sites for hydroxylation is 1. The third-order valence-corrected chi connectivity index (χ3v) is 3.95. The van der Waals surface area contributed by atoms with Crippen LogP contribution in [0, 0.1) is 12.7 Å². The van der Waals surface area contributed by atoms with Crippen LogP contribution in [0.3, 0.4) is 0 Å². The summed E-state index contributed by atoms with van der Waals surface area (Å²) >= 11 is 9.42. The normalized spacial score (nSPS) is 12.5. The summed E-state index contributed by atoms with van der Waals surface area (Å²) in [7, 11) is 1.81. The topological polar surface area (TPSA) is 12.0 Å². The Kier molecular flexibility index (Phi) is 4.61. The van der Waals surface area contributed by atoms with Crippen LogP contribution in [0.25, 0.3) is 0 Å². The Balaban J connectivity index is 2.52. The zero-order chi connectivity index (χ0) is 14.0. The van der Waals surface area contributed by atoms with Crippen molar-refractivity contribution in [1.82, 2.24) is 5.32 Å². The SMILES string of the molecule is CNC(c1cc(C)ccc1F)c1ccc(Cl)cc1Br. The Morgan fingerprint density at radius 1 is 1.16 bits per heavy atom. The summed E-state index contributed by atoms with van der Waals surface area (Å²) in [6, 6.07) is 10.4. The lowest BCUT2D eigenvalue weighted by Crippen LogP contribution is -2.19. The summed E-state index contributed by atoms with van der Waals surface area (Å²) in [6.07, 6.45) is 0. The molecule has 2 aromatic rings. The molecular formula is C15H14BrClFN. The maximum absolute atomic E-state index is 14.0. The van der Waals surface area contributed by atoms with Crippen molar-refractivity contribution < 1.29 is 4.39 Å². The van der Waals surface area contributed by atoms with Gasteiger partial charge in [0.15, 0.2) is 0 Å². The van der Waals surface area contributed by atoms with Gasteiger partial charge in [0.25, 0.3) is 0 Å². The molecule has 1 unspecified atom stereocenters. The zero-order valence-corrected chi connectivity index (χ0v) is 13.0. The quantitative estimate of drug-likeness (QED) is 0.840. The minimum atomic E-state index is -0.216. The average molecular weight is 343 g/mol. The van der Waals surface area contributed by atoms with Gasteiger partial charge in [0, 0.05) is 15.1 Å². The molecule has 0 radical (unpaired) electrons. The van der Waals surface area contributed by atoms with E-state index in [1.807, 2.05) is 32.2 Å². The van der Waals surface area contributed by atoms with Crippen LogP contribution in [0.15, 0.2) is 40.9 Å². The van der Waals surface area contributed by atoms with Gasteiger partial charge in [-0.2, -0.15) is 0 Å². The van der Waals surface area contributed by atoms with Gasteiger partial charge in [0.1, 0.15) is 5.82 Å². The molecule has 0 aliphatic rings. The lowest BCUT2D eigenvalue weighted by molar-refractivity contribution is 0.575. The monoisotopic (exact) mass is 341 g/mol. The second-order valence-electron chi connectivity index (χ2n) is 4.41. The summed E-state index contributed by atoms with van der Waals surface area (Å²) < 4.78 is 14.9. The van der Waals surface area contributed by atoms with Crippen molar-refractivity contribution in [2.24, 2.45) is 0 Å². The van der Waals surface area contributed by atoms with Gasteiger partial charge in [-0.15, -0.1) is 0 Å². The van der Waals surface area contributed by atoms with E-state index in [9.17, 15) is 4.39 Å². The van der Waals surface area contributed by atoms with Crippen molar-refractivity contribution in [3.8, 4) is 0 Å². The standard InChI is InChI=1S/C15H14BrClFN/c1-9-3-6-14(18)12(7-9)15(19-2)11-5-4-10(17)8-13(11)16/h3-8,15,19H,1-2H3. The highest BCUT2D eigenvalue weighted by Crippen LogP contribution is 2.32. The van der Waals surface area contributed by atoms with Gasteiger partial charge in [-0.25, -0.2) is 4.39 Å². The Morgan fingerprint density at radius 2 is 1.89 bits per heavy atom. The van der Waals surface area contributed by atoms with Crippen molar-refractivity contribution in [1.29, 1.82) is 0 Å². The van der Waals surface area contributed by atoms with Crippen molar-refractivity contribution in [3.05, 3.63) is 68.4 Å². The molecule has 0 fully saturated rings. The lowest BCUT2D eigenvalue weighted by Gasteiger charge is -2.20. The third-order valence-electron chi connectivity index (χ3n) is 3.02. The molecule has 0 spiro atoms. The van der Waals surface area contributed by atoms with Crippen molar-refractivity contribution in [2.45, 2.75) is 13.0 Å². The molecule has 1 nitrogen and oxygen atoms in total. The van der Waals surface area contributed by atoms with Gasteiger partial charge >= 0.3 is 0 Å². The Morgan fingerprint density at radius 3 is 2.53 bits per heavy atom. The largest absolute Gasteiger partial charge is 0.309 e. The minimum absolute atomic E-state index is 0.216. The fourth-order valence-corrected chi connectivity index (χ4v) is 3.01. The number of halogens is 3. The van der Waals surface area contributed by atoms with Crippen LogP contribution in [-0.4, -0.2) is 7.05 Å². The van der Waals surface area contributed by atoms with Gasteiger partial charge in [-0.3, -0.25) is 0 Å². The fourth-order valence-electron chi connectivity index (χ4n) is 2.10. The summed E-state index contributed by atoms with van der Waals surface area (Å²) in [4.78, 5) is 0. The first-order valence-electron chi connectivity index (χ1n) is 5.91. The molecule has 4 heteroatoms. The van der Waals surface area contributed by atoms with E-state index < -0.39 is 0 Å². The van der Waals surface area contributed by atoms with E-state index in [0.29, 0.717) is 10.6 Å². The van der Waals surface area contributed by atoms with Crippen molar-refractivity contribution in [2.75, 3.05) is 7.05 Å². The predicted octanol–water partition coefficient (Wildman–Crippen LogP) is 4.86. The molecule has 2 aromatic carbocycles. The van der Waals surface area contributed by atoms with Gasteiger partial charge in [-0.05, 0) is 37.7 Å². The van der Waals surface area contributed by atoms with Crippen LogP contribution in [-0.2, 0) is 0 Å². The van der Waals surface area contributed by atoms with Crippen LogP contribution in [0.5, 0.6) is 0 Å². The first-order chi connectivity index (χ1) is 9.02. The fraction of sp³-hybridized carbons (Fsp3) is 0.200. The summed E-state index contributed by atoms with van der Waals surface area (Å²) in [6.45, 7) is 1.95. The van der Waals surface area contributed by atoms with E-state index in [4.69, 9.17) is 11.6 Å². The number of hydrogen-bond donors (Lipinski definition) is 1. The number of nitrogens with one attached hydrogen (secondary N) is 1. The van der Waals surface area contributed by atoms with Crippen LogP contribution >= 0.6 is 27.5 Å². The van der Waals surface area contributed by atoms with E-state index in [-0.39, 0.29) is 11.9 Å².